The summed E-state index contributed by atoms with van der Waals surface area (Å²) >= 11 is 0. The van der Waals surface area contributed by atoms with Gasteiger partial charge in [-0.25, -0.2) is 0 Å². The van der Waals surface area contributed by atoms with Gasteiger partial charge in [0.25, 0.3) is 0 Å². The highest BCUT2D eigenvalue weighted by molar-refractivity contribution is 5.27. The number of piperidine rings is 1. The number of ether oxygens (including phenoxy) is 1. The Morgan fingerprint density at radius 3 is 2.55 bits per heavy atom. The lowest BCUT2D eigenvalue weighted by molar-refractivity contribution is 0.216. The van der Waals surface area contributed by atoms with Gasteiger partial charge in [0.1, 0.15) is 5.75 Å². The minimum absolute atomic E-state index is 0.799. The van der Waals surface area contributed by atoms with E-state index in [-0.39, 0.29) is 0 Å². The Labute approximate surface area is 123 Å². The standard InChI is InChI=1S/C17H28N2O/c1-3-12-20-17-6-4-15(5-7-17)13-18-14-16-8-10-19(2)11-9-16/h4-7,16,18H,3,8-14H2,1-2H3. The largest absolute Gasteiger partial charge is 0.494 e. The fourth-order valence-electron chi connectivity index (χ4n) is 2.61. The van der Waals surface area contributed by atoms with Crippen molar-refractivity contribution < 1.29 is 4.74 Å². The number of hydrogen-bond acceptors (Lipinski definition) is 3. The fourth-order valence-corrected chi connectivity index (χ4v) is 2.61. The highest BCUT2D eigenvalue weighted by Crippen LogP contribution is 2.15. The number of nitrogens with zero attached hydrogens (tertiary/aromatic N) is 1. The number of hydrogen-bond donors (Lipinski definition) is 1. The van der Waals surface area contributed by atoms with Crippen LogP contribution in [-0.4, -0.2) is 38.2 Å². The van der Waals surface area contributed by atoms with E-state index in [2.05, 4.69) is 48.5 Å². The van der Waals surface area contributed by atoms with E-state index in [0.717, 1.165) is 37.8 Å². The summed E-state index contributed by atoms with van der Waals surface area (Å²) in [5.41, 5.74) is 1.33. The first-order valence-electron chi connectivity index (χ1n) is 7.89. The molecule has 0 saturated carbocycles. The van der Waals surface area contributed by atoms with Gasteiger partial charge in [0.05, 0.1) is 6.61 Å². The Morgan fingerprint density at radius 1 is 1.20 bits per heavy atom. The molecule has 20 heavy (non-hydrogen) atoms. The van der Waals surface area contributed by atoms with Gasteiger partial charge in [-0.15, -0.1) is 0 Å². The smallest absolute Gasteiger partial charge is 0.119 e. The van der Waals surface area contributed by atoms with Gasteiger partial charge in [0.2, 0.25) is 0 Å². The van der Waals surface area contributed by atoms with Crippen molar-refractivity contribution in [2.24, 2.45) is 5.92 Å². The quantitative estimate of drug-likeness (QED) is 0.829. The lowest BCUT2D eigenvalue weighted by Gasteiger charge is -2.29. The van der Waals surface area contributed by atoms with Crippen LogP contribution in [0.1, 0.15) is 31.7 Å². The molecular formula is C17H28N2O. The maximum Gasteiger partial charge on any atom is 0.119 e. The van der Waals surface area contributed by atoms with E-state index >= 15 is 0 Å². The van der Waals surface area contributed by atoms with Crippen molar-refractivity contribution in [1.29, 1.82) is 0 Å². The Bertz CT molecular complexity index is 369. The molecule has 2 rings (SSSR count). The molecule has 0 atom stereocenters. The maximum absolute atomic E-state index is 5.59. The van der Waals surface area contributed by atoms with Gasteiger partial charge in [-0.2, -0.15) is 0 Å². The molecule has 1 N–H and O–H groups in total. The molecule has 0 aromatic heterocycles. The SMILES string of the molecule is CCCOc1ccc(CNCC2CCN(C)CC2)cc1. The maximum atomic E-state index is 5.59. The summed E-state index contributed by atoms with van der Waals surface area (Å²) in [6.07, 6.45) is 3.71. The molecule has 1 aliphatic heterocycles. The van der Waals surface area contributed by atoms with Crippen LogP contribution < -0.4 is 10.1 Å². The molecule has 0 unspecified atom stereocenters. The number of nitrogens with one attached hydrogen (secondary N) is 1. The van der Waals surface area contributed by atoms with Crippen LogP contribution in [0.15, 0.2) is 24.3 Å². The van der Waals surface area contributed by atoms with Crippen LogP contribution in [0.5, 0.6) is 5.75 Å². The molecule has 1 saturated heterocycles. The van der Waals surface area contributed by atoms with E-state index in [1.807, 2.05) is 0 Å². The van der Waals surface area contributed by atoms with Gasteiger partial charge in [0.15, 0.2) is 0 Å². The van der Waals surface area contributed by atoms with Crippen LogP contribution in [0, 0.1) is 5.92 Å². The van der Waals surface area contributed by atoms with Crippen LogP contribution in [-0.2, 0) is 6.54 Å². The second kappa shape index (κ2) is 8.28. The van der Waals surface area contributed by atoms with Gasteiger partial charge >= 0.3 is 0 Å². The summed E-state index contributed by atoms with van der Waals surface area (Å²) < 4.78 is 5.59. The minimum Gasteiger partial charge on any atom is -0.494 e. The van der Waals surface area contributed by atoms with Gasteiger partial charge in [-0.1, -0.05) is 19.1 Å². The van der Waals surface area contributed by atoms with Gasteiger partial charge in [0, 0.05) is 6.54 Å². The predicted octanol–water partition coefficient (Wildman–Crippen LogP) is 2.91. The van der Waals surface area contributed by atoms with Crippen molar-refractivity contribution >= 4 is 0 Å². The minimum atomic E-state index is 0.799. The average molecular weight is 276 g/mol. The molecule has 0 amide bonds. The van der Waals surface area contributed by atoms with Crippen molar-refractivity contribution in [2.45, 2.75) is 32.7 Å². The zero-order valence-electron chi connectivity index (χ0n) is 12.9. The van der Waals surface area contributed by atoms with Crippen molar-refractivity contribution in [1.82, 2.24) is 10.2 Å². The molecule has 3 heteroatoms. The third kappa shape index (κ3) is 5.14. The van der Waals surface area contributed by atoms with Crippen molar-refractivity contribution in [2.75, 3.05) is 33.3 Å². The third-order valence-corrected chi connectivity index (χ3v) is 4.00. The van der Waals surface area contributed by atoms with Crippen LogP contribution in [0.4, 0.5) is 0 Å². The van der Waals surface area contributed by atoms with Crippen LogP contribution >= 0.6 is 0 Å². The Morgan fingerprint density at radius 2 is 1.90 bits per heavy atom. The molecule has 1 aliphatic rings. The summed E-state index contributed by atoms with van der Waals surface area (Å²) in [6, 6.07) is 8.46. The number of benzene rings is 1. The zero-order valence-corrected chi connectivity index (χ0v) is 12.9. The molecule has 0 aliphatic carbocycles. The predicted molar refractivity (Wildman–Crippen MR) is 84.2 cm³/mol. The average Bonchev–Trinajstić information content (AvgIpc) is 2.48. The summed E-state index contributed by atoms with van der Waals surface area (Å²) in [5, 5.41) is 3.59. The molecular weight excluding hydrogens is 248 g/mol. The topological polar surface area (TPSA) is 24.5 Å². The number of likely N-dealkylation sites (tertiary alicyclic amines) is 1. The Balaban J connectivity index is 1.66. The van der Waals surface area contributed by atoms with Gasteiger partial charge in [-0.3, -0.25) is 0 Å². The lowest BCUT2D eigenvalue weighted by Crippen LogP contribution is -2.34. The highest BCUT2D eigenvalue weighted by atomic mass is 16.5. The molecule has 1 aromatic carbocycles. The first-order valence-corrected chi connectivity index (χ1v) is 7.89. The van der Waals surface area contributed by atoms with E-state index in [1.54, 1.807) is 0 Å². The van der Waals surface area contributed by atoms with Gasteiger partial charge < -0.3 is 15.0 Å². The second-order valence-corrected chi connectivity index (χ2v) is 5.87. The van der Waals surface area contributed by atoms with Gasteiger partial charge in [-0.05, 0) is 69.6 Å². The molecule has 0 radical (unpaired) electrons. The normalized spacial score (nSPS) is 17.3. The highest BCUT2D eigenvalue weighted by Gasteiger charge is 2.15. The van der Waals surface area contributed by atoms with Crippen LogP contribution in [0.25, 0.3) is 0 Å². The second-order valence-electron chi connectivity index (χ2n) is 5.87. The van der Waals surface area contributed by atoms with Crippen molar-refractivity contribution in [3.8, 4) is 5.75 Å². The van der Waals surface area contributed by atoms with E-state index in [9.17, 15) is 0 Å². The molecule has 1 aromatic rings. The van der Waals surface area contributed by atoms with E-state index in [0.29, 0.717) is 0 Å². The molecule has 1 fully saturated rings. The van der Waals surface area contributed by atoms with Crippen molar-refractivity contribution in [3.05, 3.63) is 29.8 Å². The number of rotatable bonds is 7. The zero-order chi connectivity index (χ0) is 14.2. The lowest BCUT2D eigenvalue weighted by atomic mass is 9.97. The Kier molecular flexibility index (Phi) is 6.34. The molecule has 112 valence electrons. The third-order valence-electron chi connectivity index (χ3n) is 4.00. The molecule has 1 heterocycles. The monoisotopic (exact) mass is 276 g/mol. The molecule has 0 spiro atoms. The summed E-state index contributed by atoms with van der Waals surface area (Å²) in [7, 11) is 2.21. The van der Waals surface area contributed by atoms with E-state index < -0.39 is 0 Å². The fraction of sp³-hybridized carbons (Fsp3) is 0.647. The van der Waals surface area contributed by atoms with E-state index in [4.69, 9.17) is 4.74 Å². The summed E-state index contributed by atoms with van der Waals surface area (Å²) in [4.78, 5) is 2.42. The van der Waals surface area contributed by atoms with Crippen molar-refractivity contribution in [3.63, 3.8) is 0 Å². The molecule has 3 nitrogen and oxygen atoms in total. The van der Waals surface area contributed by atoms with Crippen LogP contribution in [0.2, 0.25) is 0 Å². The Hall–Kier alpha value is -1.06. The summed E-state index contributed by atoms with van der Waals surface area (Å²) in [5.74, 6) is 1.82. The first kappa shape index (κ1) is 15.3. The molecule has 0 bridgehead atoms. The first-order chi connectivity index (χ1) is 9.78. The summed E-state index contributed by atoms with van der Waals surface area (Å²) in [6.45, 7) is 7.52. The van der Waals surface area contributed by atoms with Crippen LogP contribution in [0.3, 0.4) is 0 Å². The van der Waals surface area contributed by atoms with E-state index in [1.165, 1.54) is 31.5 Å².